The Labute approximate surface area is 203 Å². The molecule has 5 aromatic rings. The average molecular weight is 452 g/mol. The number of rotatable bonds is 4. The second-order valence-electron chi connectivity index (χ2n) is 8.50. The highest BCUT2D eigenvalue weighted by Gasteiger charge is 2.37. The minimum absolute atomic E-state index is 0.363. The molecule has 1 heterocycles. The van der Waals surface area contributed by atoms with Gasteiger partial charge < -0.3 is 0 Å². The van der Waals surface area contributed by atoms with Gasteiger partial charge in [-0.1, -0.05) is 121 Å². The lowest BCUT2D eigenvalue weighted by Crippen LogP contribution is -2.20. The molecule has 3 heteroatoms. The van der Waals surface area contributed by atoms with Crippen LogP contribution in [0, 0.1) is 0 Å². The molecule has 0 atom stereocenters. The van der Waals surface area contributed by atoms with Crippen LogP contribution in [0.4, 0.5) is 0 Å². The first-order valence-electron chi connectivity index (χ1n) is 11.6. The molecule has 0 spiro atoms. The molecule has 35 heavy (non-hydrogen) atoms. The number of carbonyl (C=O) groups is 2. The normalized spacial score (nSPS) is 12.3. The van der Waals surface area contributed by atoms with Crippen molar-refractivity contribution in [1.29, 1.82) is 0 Å². The summed E-state index contributed by atoms with van der Waals surface area (Å²) in [5.74, 6) is -0.726. The van der Waals surface area contributed by atoms with E-state index in [0.717, 1.165) is 44.5 Å². The Morgan fingerprint density at radius 1 is 0.314 bits per heavy atom. The van der Waals surface area contributed by atoms with Crippen LogP contribution in [-0.2, 0) is 0 Å². The highest BCUT2D eigenvalue weighted by molar-refractivity contribution is 6.30. The first-order valence-corrected chi connectivity index (χ1v) is 11.6. The number of hydrogen-bond acceptors (Lipinski definition) is 2. The Morgan fingerprint density at radius 2 is 0.543 bits per heavy atom. The van der Waals surface area contributed by atoms with Gasteiger partial charge in [0, 0.05) is 11.1 Å². The maximum Gasteiger partial charge on any atom is 0.259 e. The van der Waals surface area contributed by atoms with E-state index in [1.807, 2.05) is 97.1 Å². The molecular formula is C32H21NO2. The van der Waals surface area contributed by atoms with Gasteiger partial charge in [-0.25, -0.2) is 0 Å². The predicted octanol–water partition coefficient (Wildman–Crippen LogP) is 7.24. The molecule has 1 N–H and O–H groups in total. The van der Waals surface area contributed by atoms with E-state index in [1.165, 1.54) is 0 Å². The first-order chi connectivity index (χ1) is 17.2. The molecule has 2 amide bonds. The summed E-state index contributed by atoms with van der Waals surface area (Å²) < 4.78 is 0. The fourth-order valence-electron chi connectivity index (χ4n) is 5.01. The summed E-state index contributed by atoms with van der Waals surface area (Å²) in [6, 6.07) is 39.9. The summed E-state index contributed by atoms with van der Waals surface area (Å²) >= 11 is 0. The average Bonchev–Trinajstić information content (AvgIpc) is 3.22. The Morgan fingerprint density at radius 3 is 0.800 bits per heavy atom. The molecule has 6 rings (SSSR count). The van der Waals surface area contributed by atoms with E-state index in [-0.39, 0.29) is 11.8 Å². The second-order valence-corrected chi connectivity index (χ2v) is 8.50. The topological polar surface area (TPSA) is 46.2 Å². The van der Waals surface area contributed by atoms with Gasteiger partial charge in [-0.15, -0.1) is 0 Å². The fraction of sp³-hybridized carbons (Fsp3) is 0. The third-order valence-electron chi connectivity index (χ3n) is 6.43. The van der Waals surface area contributed by atoms with Gasteiger partial charge in [-0.05, 0) is 33.4 Å². The number of carbonyl (C=O) groups excluding carboxylic acids is 2. The van der Waals surface area contributed by atoms with Gasteiger partial charge in [-0.2, -0.15) is 0 Å². The monoisotopic (exact) mass is 451 g/mol. The van der Waals surface area contributed by atoms with Crippen LogP contribution >= 0.6 is 0 Å². The van der Waals surface area contributed by atoms with E-state index in [0.29, 0.717) is 11.1 Å². The molecule has 0 fully saturated rings. The molecule has 0 unspecified atom stereocenters. The van der Waals surface area contributed by atoms with Crippen LogP contribution in [-0.4, -0.2) is 11.8 Å². The van der Waals surface area contributed by atoms with Crippen molar-refractivity contribution in [1.82, 2.24) is 5.32 Å². The maximum atomic E-state index is 13.4. The predicted molar refractivity (Wildman–Crippen MR) is 140 cm³/mol. The van der Waals surface area contributed by atoms with Gasteiger partial charge in [0.05, 0.1) is 11.1 Å². The lowest BCUT2D eigenvalue weighted by atomic mass is 9.78. The molecule has 1 aliphatic rings. The van der Waals surface area contributed by atoms with Crippen molar-refractivity contribution in [2.24, 2.45) is 0 Å². The molecule has 3 nitrogen and oxygen atoms in total. The van der Waals surface area contributed by atoms with Gasteiger partial charge in [0.15, 0.2) is 0 Å². The molecule has 0 saturated carbocycles. The molecule has 0 saturated heterocycles. The van der Waals surface area contributed by atoms with Gasteiger partial charge in [0.25, 0.3) is 11.8 Å². The molecule has 0 radical (unpaired) electrons. The van der Waals surface area contributed by atoms with Crippen LogP contribution in [0.5, 0.6) is 0 Å². The minimum Gasteiger partial charge on any atom is -0.288 e. The summed E-state index contributed by atoms with van der Waals surface area (Å²) in [7, 11) is 0. The standard InChI is InChI=1S/C32H21NO2/c34-31-29-27(23-17-9-3-10-18-23)25(21-13-5-1-6-14-21)26(22-15-7-2-8-16-22)28(30(29)32(35)33-31)24-19-11-4-12-20-24/h1-20H,(H,33,34,35). The van der Waals surface area contributed by atoms with Crippen LogP contribution in [0.2, 0.25) is 0 Å². The molecule has 1 aliphatic heterocycles. The Kier molecular flexibility index (Phi) is 5.08. The van der Waals surface area contributed by atoms with E-state index in [2.05, 4.69) is 29.6 Å². The summed E-state index contributed by atoms with van der Waals surface area (Å²) in [4.78, 5) is 26.7. The second kappa shape index (κ2) is 8.54. The molecule has 5 aromatic carbocycles. The first kappa shape index (κ1) is 20.8. The van der Waals surface area contributed by atoms with Crippen molar-refractivity contribution >= 4 is 11.8 Å². The van der Waals surface area contributed by atoms with E-state index in [9.17, 15) is 9.59 Å². The van der Waals surface area contributed by atoms with Crippen molar-refractivity contribution in [3.63, 3.8) is 0 Å². The maximum absolute atomic E-state index is 13.4. The van der Waals surface area contributed by atoms with Crippen LogP contribution in [0.25, 0.3) is 44.5 Å². The number of fused-ring (bicyclic) bond motifs is 1. The molecule has 0 bridgehead atoms. The van der Waals surface area contributed by atoms with E-state index >= 15 is 0 Å². The highest BCUT2D eigenvalue weighted by Crippen LogP contribution is 2.50. The van der Waals surface area contributed by atoms with Crippen LogP contribution in [0.15, 0.2) is 121 Å². The lowest BCUT2D eigenvalue weighted by molar-refractivity contribution is 0.0880. The van der Waals surface area contributed by atoms with E-state index in [4.69, 9.17) is 0 Å². The van der Waals surface area contributed by atoms with Gasteiger partial charge in [-0.3, -0.25) is 14.9 Å². The van der Waals surface area contributed by atoms with Crippen molar-refractivity contribution < 1.29 is 9.59 Å². The van der Waals surface area contributed by atoms with Gasteiger partial charge in [0.1, 0.15) is 0 Å². The Bertz CT molecular complexity index is 1440. The Balaban J connectivity index is 1.90. The molecule has 0 aromatic heterocycles. The highest BCUT2D eigenvalue weighted by atomic mass is 16.2. The molecule has 166 valence electrons. The third kappa shape index (κ3) is 3.46. The van der Waals surface area contributed by atoms with Crippen LogP contribution < -0.4 is 5.32 Å². The molecular weight excluding hydrogens is 430 g/mol. The number of hydrogen-bond donors (Lipinski definition) is 1. The third-order valence-corrected chi connectivity index (χ3v) is 6.43. The van der Waals surface area contributed by atoms with Crippen molar-refractivity contribution in [3.8, 4) is 44.5 Å². The smallest absolute Gasteiger partial charge is 0.259 e. The zero-order valence-corrected chi connectivity index (χ0v) is 18.9. The summed E-state index contributed by atoms with van der Waals surface area (Å²) in [5.41, 5.74) is 8.03. The number of nitrogens with one attached hydrogen (secondary N) is 1. The van der Waals surface area contributed by atoms with Gasteiger partial charge >= 0.3 is 0 Å². The zero-order valence-electron chi connectivity index (χ0n) is 18.9. The number of amides is 2. The largest absolute Gasteiger partial charge is 0.288 e. The van der Waals surface area contributed by atoms with Crippen LogP contribution in [0.1, 0.15) is 20.7 Å². The summed E-state index contributed by atoms with van der Waals surface area (Å²) in [6.07, 6.45) is 0. The fourth-order valence-corrected chi connectivity index (χ4v) is 5.01. The minimum atomic E-state index is -0.363. The van der Waals surface area contributed by atoms with E-state index in [1.54, 1.807) is 0 Å². The lowest BCUT2D eigenvalue weighted by Gasteiger charge is -2.23. The molecule has 0 aliphatic carbocycles. The van der Waals surface area contributed by atoms with Crippen molar-refractivity contribution in [3.05, 3.63) is 132 Å². The van der Waals surface area contributed by atoms with Crippen molar-refractivity contribution in [2.45, 2.75) is 0 Å². The number of benzene rings is 5. The summed E-state index contributed by atoms with van der Waals surface area (Å²) in [6.45, 7) is 0. The van der Waals surface area contributed by atoms with E-state index < -0.39 is 0 Å². The SMILES string of the molecule is O=C1NC(=O)c2c1c(-c1ccccc1)c(-c1ccccc1)c(-c1ccccc1)c2-c1ccccc1. The number of imide groups is 1. The van der Waals surface area contributed by atoms with Crippen LogP contribution in [0.3, 0.4) is 0 Å². The van der Waals surface area contributed by atoms with Gasteiger partial charge in [0.2, 0.25) is 0 Å². The quantitative estimate of drug-likeness (QED) is 0.293. The summed E-state index contributed by atoms with van der Waals surface area (Å²) in [5, 5.41) is 2.58. The Hall–Kier alpha value is -4.76. The van der Waals surface area contributed by atoms with Crippen molar-refractivity contribution in [2.75, 3.05) is 0 Å². The zero-order chi connectivity index (χ0) is 23.8.